The molecule has 120 valence electrons. The summed E-state index contributed by atoms with van der Waals surface area (Å²) in [6.07, 6.45) is 1.63. The standard InChI is InChI=1S/C19H21FN2O/c20-18-9-5-4-6-16(18)14-22-12-10-15(11-13-22)19(23)21-17-7-2-1-3-8-17/h1-9,15H,10-14H2,(H,21,23). The molecule has 23 heavy (non-hydrogen) atoms. The second kappa shape index (κ2) is 7.38. The second-order valence-corrected chi connectivity index (χ2v) is 6.00. The molecule has 0 radical (unpaired) electrons. The molecule has 1 aliphatic rings. The topological polar surface area (TPSA) is 32.3 Å². The number of halogens is 1. The molecule has 3 nitrogen and oxygen atoms in total. The van der Waals surface area contributed by atoms with Crippen molar-refractivity contribution >= 4 is 11.6 Å². The Hall–Kier alpha value is -2.20. The van der Waals surface area contributed by atoms with Crippen LogP contribution in [0.15, 0.2) is 54.6 Å². The van der Waals surface area contributed by atoms with E-state index in [4.69, 9.17) is 0 Å². The molecule has 0 spiro atoms. The number of benzene rings is 2. The monoisotopic (exact) mass is 312 g/mol. The second-order valence-electron chi connectivity index (χ2n) is 6.00. The molecular weight excluding hydrogens is 291 g/mol. The third-order valence-corrected chi connectivity index (χ3v) is 4.35. The highest BCUT2D eigenvalue weighted by molar-refractivity contribution is 5.92. The van der Waals surface area contributed by atoms with Crippen LogP contribution in [0.25, 0.3) is 0 Å². The van der Waals surface area contributed by atoms with E-state index in [-0.39, 0.29) is 17.6 Å². The predicted molar refractivity (Wildman–Crippen MR) is 89.5 cm³/mol. The van der Waals surface area contributed by atoms with E-state index in [0.29, 0.717) is 6.54 Å². The summed E-state index contributed by atoms with van der Waals surface area (Å²) in [5.41, 5.74) is 1.56. The summed E-state index contributed by atoms with van der Waals surface area (Å²) >= 11 is 0. The van der Waals surface area contributed by atoms with Gasteiger partial charge in [0.2, 0.25) is 5.91 Å². The third-order valence-electron chi connectivity index (χ3n) is 4.35. The lowest BCUT2D eigenvalue weighted by Gasteiger charge is -2.31. The summed E-state index contributed by atoms with van der Waals surface area (Å²) in [6, 6.07) is 16.4. The van der Waals surface area contributed by atoms with Crippen LogP contribution in [-0.4, -0.2) is 23.9 Å². The van der Waals surface area contributed by atoms with Crippen LogP contribution >= 0.6 is 0 Å². The average Bonchev–Trinajstić information content (AvgIpc) is 2.58. The van der Waals surface area contributed by atoms with Crippen LogP contribution in [0.3, 0.4) is 0 Å². The zero-order valence-corrected chi connectivity index (χ0v) is 13.0. The van der Waals surface area contributed by atoms with E-state index in [0.717, 1.165) is 37.2 Å². The average molecular weight is 312 g/mol. The first kappa shape index (κ1) is 15.7. The van der Waals surface area contributed by atoms with E-state index in [9.17, 15) is 9.18 Å². The molecule has 1 aliphatic heterocycles. The smallest absolute Gasteiger partial charge is 0.227 e. The van der Waals surface area contributed by atoms with E-state index in [1.165, 1.54) is 6.07 Å². The highest BCUT2D eigenvalue weighted by Gasteiger charge is 2.25. The summed E-state index contributed by atoms with van der Waals surface area (Å²) in [4.78, 5) is 14.5. The van der Waals surface area contributed by atoms with Gasteiger partial charge in [-0.05, 0) is 44.1 Å². The maximum atomic E-state index is 13.7. The quantitative estimate of drug-likeness (QED) is 0.934. The van der Waals surface area contributed by atoms with Crippen molar-refractivity contribution in [2.24, 2.45) is 5.92 Å². The summed E-state index contributed by atoms with van der Waals surface area (Å²) in [5.74, 6) is -0.0368. The van der Waals surface area contributed by atoms with Crippen LogP contribution in [0.5, 0.6) is 0 Å². The zero-order chi connectivity index (χ0) is 16.1. The van der Waals surface area contributed by atoms with Gasteiger partial charge in [0.15, 0.2) is 0 Å². The lowest BCUT2D eigenvalue weighted by molar-refractivity contribution is -0.121. The molecule has 1 N–H and O–H groups in total. The fourth-order valence-electron chi connectivity index (χ4n) is 2.99. The Kier molecular flexibility index (Phi) is 5.03. The normalized spacial score (nSPS) is 16.2. The summed E-state index contributed by atoms with van der Waals surface area (Å²) in [5, 5.41) is 2.97. The first-order chi connectivity index (χ1) is 11.2. The van der Waals surface area contributed by atoms with Gasteiger partial charge in [-0.25, -0.2) is 4.39 Å². The van der Waals surface area contributed by atoms with Crippen molar-refractivity contribution < 1.29 is 9.18 Å². The Balaban J connectivity index is 1.50. The molecular formula is C19H21FN2O. The molecule has 1 fully saturated rings. The summed E-state index contributed by atoms with van der Waals surface area (Å²) < 4.78 is 13.7. The number of para-hydroxylation sites is 1. The van der Waals surface area contributed by atoms with Crippen LogP contribution in [0.1, 0.15) is 18.4 Å². The number of amides is 1. The van der Waals surface area contributed by atoms with Crippen molar-refractivity contribution in [2.75, 3.05) is 18.4 Å². The Labute approximate surface area is 136 Å². The lowest BCUT2D eigenvalue weighted by atomic mass is 9.95. The number of anilines is 1. The van der Waals surface area contributed by atoms with Crippen LogP contribution in [-0.2, 0) is 11.3 Å². The van der Waals surface area contributed by atoms with Gasteiger partial charge in [-0.15, -0.1) is 0 Å². The Morgan fingerprint density at radius 2 is 1.70 bits per heavy atom. The number of hydrogen-bond donors (Lipinski definition) is 1. The first-order valence-electron chi connectivity index (χ1n) is 8.04. The van der Waals surface area contributed by atoms with Crippen molar-refractivity contribution in [3.8, 4) is 0 Å². The van der Waals surface area contributed by atoms with Gasteiger partial charge in [-0.3, -0.25) is 9.69 Å². The first-order valence-corrected chi connectivity index (χ1v) is 8.04. The van der Waals surface area contributed by atoms with Crippen LogP contribution in [0, 0.1) is 11.7 Å². The number of carbonyl (C=O) groups is 1. The molecule has 2 aromatic carbocycles. The van der Waals surface area contributed by atoms with Crippen molar-refractivity contribution in [2.45, 2.75) is 19.4 Å². The van der Waals surface area contributed by atoms with Crippen molar-refractivity contribution in [3.05, 3.63) is 66.0 Å². The molecule has 4 heteroatoms. The van der Waals surface area contributed by atoms with Crippen molar-refractivity contribution in [1.82, 2.24) is 4.90 Å². The zero-order valence-electron chi connectivity index (χ0n) is 13.0. The maximum Gasteiger partial charge on any atom is 0.227 e. The third kappa shape index (κ3) is 4.17. The molecule has 3 rings (SSSR count). The fraction of sp³-hybridized carbons (Fsp3) is 0.316. The number of hydrogen-bond acceptors (Lipinski definition) is 2. The number of piperidine rings is 1. The van der Waals surface area contributed by atoms with Crippen LogP contribution < -0.4 is 5.32 Å². The largest absolute Gasteiger partial charge is 0.326 e. The highest BCUT2D eigenvalue weighted by Crippen LogP contribution is 2.21. The molecule has 0 aromatic heterocycles. The SMILES string of the molecule is O=C(Nc1ccccc1)C1CCN(Cc2ccccc2F)CC1. The van der Waals surface area contributed by atoms with Gasteiger partial charge in [0.25, 0.3) is 0 Å². The van der Waals surface area contributed by atoms with Gasteiger partial charge < -0.3 is 5.32 Å². The van der Waals surface area contributed by atoms with Crippen LogP contribution in [0.2, 0.25) is 0 Å². The highest BCUT2D eigenvalue weighted by atomic mass is 19.1. The van der Waals surface area contributed by atoms with Gasteiger partial charge >= 0.3 is 0 Å². The summed E-state index contributed by atoms with van der Waals surface area (Å²) in [6.45, 7) is 2.25. The van der Waals surface area contributed by atoms with E-state index in [2.05, 4.69) is 10.2 Å². The molecule has 0 bridgehead atoms. The minimum absolute atomic E-state index is 0.0343. The Bertz CT molecular complexity index is 651. The van der Waals surface area contributed by atoms with E-state index >= 15 is 0 Å². The molecule has 1 amide bonds. The molecule has 0 aliphatic carbocycles. The minimum atomic E-state index is -0.156. The van der Waals surface area contributed by atoms with Gasteiger partial charge in [0.1, 0.15) is 5.82 Å². The molecule has 1 saturated heterocycles. The number of likely N-dealkylation sites (tertiary alicyclic amines) is 1. The lowest BCUT2D eigenvalue weighted by Crippen LogP contribution is -2.37. The Morgan fingerprint density at radius 1 is 1.04 bits per heavy atom. The maximum absolute atomic E-state index is 13.7. The number of carbonyl (C=O) groups excluding carboxylic acids is 1. The number of rotatable bonds is 4. The number of nitrogens with zero attached hydrogens (tertiary/aromatic N) is 1. The fourth-order valence-corrected chi connectivity index (χ4v) is 2.99. The van der Waals surface area contributed by atoms with Gasteiger partial charge in [0, 0.05) is 23.7 Å². The van der Waals surface area contributed by atoms with Gasteiger partial charge in [0.05, 0.1) is 0 Å². The van der Waals surface area contributed by atoms with Crippen molar-refractivity contribution in [3.63, 3.8) is 0 Å². The minimum Gasteiger partial charge on any atom is -0.326 e. The van der Waals surface area contributed by atoms with E-state index < -0.39 is 0 Å². The van der Waals surface area contributed by atoms with Gasteiger partial charge in [-0.1, -0.05) is 36.4 Å². The molecule has 0 atom stereocenters. The predicted octanol–water partition coefficient (Wildman–Crippen LogP) is 3.68. The molecule has 0 saturated carbocycles. The Morgan fingerprint density at radius 3 is 2.39 bits per heavy atom. The number of nitrogens with one attached hydrogen (secondary N) is 1. The van der Waals surface area contributed by atoms with Gasteiger partial charge in [-0.2, -0.15) is 0 Å². The molecule has 2 aromatic rings. The van der Waals surface area contributed by atoms with E-state index in [1.54, 1.807) is 6.07 Å². The van der Waals surface area contributed by atoms with Crippen molar-refractivity contribution in [1.29, 1.82) is 0 Å². The van der Waals surface area contributed by atoms with Crippen LogP contribution in [0.4, 0.5) is 10.1 Å². The summed E-state index contributed by atoms with van der Waals surface area (Å²) in [7, 11) is 0. The molecule has 1 heterocycles. The molecule has 0 unspecified atom stereocenters. The van der Waals surface area contributed by atoms with E-state index in [1.807, 2.05) is 42.5 Å².